The second kappa shape index (κ2) is 4.14. The lowest BCUT2D eigenvalue weighted by atomic mass is 10.1. The van der Waals surface area contributed by atoms with Crippen LogP contribution in [-0.2, 0) is 5.88 Å². The Morgan fingerprint density at radius 1 is 1.18 bits per heavy atom. The highest BCUT2D eigenvalue weighted by molar-refractivity contribution is 6.16. The van der Waals surface area contributed by atoms with Crippen LogP contribution in [0.5, 0.6) is 0 Å². The summed E-state index contributed by atoms with van der Waals surface area (Å²) in [4.78, 5) is 8.49. The van der Waals surface area contributed by atoms with Gasteiger partial charge in [-0.2, -0.15) is 4.98 Å². The maximum absolute atomic E-state index is 5.64. The van der Waals surface area contributed by atoms with Crippen LogP contribution in [-0.4, -0.2) is 15.1 Å². The number of aromatic nitrogens is 3. The van der Waals surface area contributed by atoms with E-state index in [1.54, 1.807) is 6.20 Å². The molecular weight excluding hydrogens is 238 g/mol. The van der Waals surface area contributed by atoms with Crippen molar-refractivity contribution in [1.29, 1.82) is 0 Å². The van der Waals surface area contributed by atoms with Gasteiger partial charge in [-0.05, 0) is 12.1 Å². The highest BCUT2D eigenvalue weighted by atomic mass is 35.5. The van der Waals surface area contributed by atoms with Crippen molar-refractivity contribution in [1.82, 2.24) is 15.1 Å². The molecule has 17 heavy (non-hydrogen) atoms. The summed E-state index contributed by atoms with van der Waals surface area (Å²) in [5, 5.41) is 4.91. The summed E-state index contributed by atoms with van der Waals surface area (Å²) in [5.74, 6) is 1.18. The maximum atomic E-state index is 5.64. The molecule has 0 fully saturated rings. The maximum Gasteiger partial charge on any atom is 0.241 e. The third kappa shape index (κ3) is 1.76. The number of pyridine rings is 1. The van der Waals surface area contributed by atoms with Crippen molar-refractivity contribution >= 4 is 22.5 Å². The van der Waals surface area contributed by atoms with E-state index in [4.69, 9.17) is 16.1 Å². The van der Waals surface area contributed by atoms with Gasteiger partial charge in [0.05, 0.1) is 5.52 Å². The summed E-state index contributed by atoms with van der Waals surface area (Å²) >= 11 is 5.64. The van der Waals surface area contributed by atoms with Crippen molar-refractivity contribution < 1.29 is 4.52 Å². The fourth-order valence-corrected chi connectivity index (χ4v) is 1.83. The van der Waals surface area contributed by atoms with Gasteiger partial charge in [-0.15, -0.1) is 11.6 Å². The second-order valence-electron chi connectivity index (χ2n) is 3.52. The Kier molecular flexibility index (Phi) is 2.49. The van der Waals surface area contributed by atoms with Gasteiger partial charge in [-0.3, -0.25) is 4.98 Å². The molecule has 0 saturated carbocycles. The summed E-state index contributed by atoms with van der Waals surface area (Å²) in [7, 11) is 0. The zero-order valence-corrected chi connectivity index (χ0v) is 9.55. The van der Waals surface area contributed by atoms with Gasteiger partial charge < -0.3 is 4.52 Å². The molecule has 0 atom stereocenters. The Morgan fingerprint density at radius 2 is 2.12 bits per heavy atom. The Hall–Kier alpha value is -1.94. The molecule has 0 spiro atoms. The molecule has 0 aliphatic rings. The fourth-order valence-electron chi connectivity index (χ4n) is 1.72. The van der Waals surface area contributed by atoms with Crippen LogP contribution in [0.15, 0.2) is 41.1 Å². The lowest BCUT2D eigenvalue weighted by Crippen LogP contribution is -1.85. The highest BCUT2D eigenvalue weighted by Gasteiger charge is 2.10. The van der Waals surface area contributed by atoms with E-state index < -0.39 is 0 Å². The molecular formula is C12H8ClN3O. The Balaban J connectivity index is 2.23. The molecule has 2 aromatic heterocycles. The fraction of sp³-hybridized carbons (Fsp3) is 0.0833. The molecule has 4 nitrogen and oxygen atoms in total. The van der Waals surface area contributed by atoms with Crippen LogP contribution < -0.4 is 0 Å². The molecule has 0 radical (unpaired) electrons. The van der Waals surface area contributed by atoms with E-state index in [-0.39, 0.29) is 5.88 Å². The monoisotopic (exact) mass is 245 g/mol. The molecule has 3 aromatic rings. The van der Waals surface area contributed by atoms with Crippen LogP contribution in [0.1, 0.15) is 5.89 Å². The minimum absolute atomic E-state index is 0.218. The minimum atomic E-state index is 0.218. The van der Waals surface area contributed by atoms with Crippen molar-refractivity contribution in [3.63, 3.8) is 0 Å². The average Bonchev–Trinajstić information content (AvgIpc) is 2.87. The van der Waals surface area contributed by atoms with Crippen molar-refractivity contribution in [3.05, 3.63) is 42.4 Å². The molecule has 0 amide bonds. The first-order valence-corrected chi connectivity index (χ1v) is 5.64. The van der Waals surface area contributed by atoms with E-state index in [1.807, 2.05) is 30.3 Å². The quantitative estimate of drug-likeness (QED) is 0.651. The summed E-state index contributed by atoms with van der Waals surface area (Å²) in [5.41, 5.74) is 1.80. The normalized spacial score (nSPS) is 10.9. The summed E-state index contributed by atoms with van der Waals surface area (Å²) in [6, 6.07) is 9.67. The second-order valence-corrected chi connectivity index (χ2v) is 3.79. The lowest BCUT2D eigenvalue weighted by Gasteiger charge is -2.00. The topological polar surface area (TPSA) is 51.8 Å². The number of halogens is 1. The smallest absolute Gasteiger partial charge is 0.241 e. The van der Waals surface area contributed by atoms with Gasteiger partial charge in [0.1, 0.15) is 5.88 Å². The zero-order valence-electron chi connectivity index (χ0n) is 8.80. The standard InChI is InChI=1S/C12H8ClN3O/c13-7-11-15-12(16-17-11)9-3-1-5-10-8(9)4-2-6-14-10/h1-6H,7H2. The van der Waals surface area contributed by atoms with E-state index in [1.165, 1.54) is 0 Å². The number of hydrogen-bond acceptors (Lipinski definition) is 4. The summed E-state index contributed by atoms with van der Waals surface area (Å²) in [6.45, 7) is 0. The molecule has 5 heteroatoms. The van der Waals surface area contributed by atoms with Crippen molar-refractivity contribution in [2.45, 2.75) is 5.88 Å². The highest BCUT2D eigenvalue weighted by Crippen LogP contribution is 2.25. The average molecular weight is 246 g/mol. The summed E-state index contributed by atoms with van der Waals surface area (Å²) < 4.78 is 5.00. The predicted molar refractivity (Wildman–Crippen MR) is 64.6 cm³/mol. The molecule has 3 rings (SSSR count). The first kappa shape index (κ1) is 10.2. The van der Waals surface area contributed by atoms with E-state index in [0.717, 1.165) is 16.5 Å². The SMILES string of the molecule is ClCc1nc(-c2cccc3ncccc23)no1. The zero-order chi connectivity index (χ0) is 11.7. The molecule has 1 aromatic carbocycles. The Morgan fingerprint density at radius 3 is 2.94 bits per heavy atom. The number of rotatable bonds is 2. The summed E-state index contributed by atoms with van der Waals surface area (Å²) in [6.07, 6.45) is 1.76. The van der Waals surface area contributed by atoms with Gasteiger partial charge in [0, 0.05) is 17.1 Å². The van der Waals surface area contributed by atoms with Gasteiger partial charge in [0.15, 0.2) is 0 Å². The molecule has 0 saturated heterocycles. The van der Waals surface area contributed by atoms with Crippen LogP contribution in [0.25, 0.3) is 22.3 Å². The van der Waals surface area contributed by atoms with Crippen LogP contribution in [0.3, 0.4) is 0 Å². The van der Waals surface area contributed by atoms with Gasteiger partial charge in [-0.25, -0.2) is 0 Å². The van der Waals surface area contributed by atoms with Gasteiger partial charge in [0.2, 0.25) is 11.7 Å². The van der Waals surface area contributed by atoms with E-state index >= 15 is 0 Å². The van der Waals surface area contributed by atoms with Gasteiger partial charge in [-0.1, -0.05) is 23.4 Å². The molecule has 0 N–H and O–H groups in total. The lowest BCUT2D eigenvalue weighted by molar-refractivity contribution is 0.391. The van der Waals surface area contributed by atoms with E-state index in [0.29, 0.717) is 11.7 Å². The predicted octanol–water partition coefficient (Wildman–Crippen LogP) is 3.02. The third-order valence-electron chi connectivity index (χ3n) is 2.47. The molecule has 2 heterocycles. The number of fused-ring (bicyclic) bond motifs is 1. The largest absolute Gasteiger partial charge is 0.338 e. The van der Waals surface area contributed by atoms with E-state index in [2.05, 4.69) is 15.1 Å². The van der Waals surface area contributed by atoms with Crippen molar-refractivity contribution in [3.8, 4) is 11.4 Å². The molecule has 0 bridgehead atoms. The number of nitrogens with zero attached hydrogens (tertiary/aromatic N) is 3. The Bertz CT molecular complexity index is 660. The van der Waals surface area contributed by atoms with Gasteiger partial charge >= 0.3 is 0 Å². The van der Waals surface area contributed by atoms with Crippen molar-refractivity contribution in [2.75, 3.05) is 0 Å². The minimum Gasteiger partial charge on any atom is -0.338 e. The van der Waals surface area contributed by atoms with Crippen LogP contribution in [0.4, 0.5) is 0 Å². The number of benzene rings is 1. The van der Waals surface area contributed by atoms with Crippen LogP contribution in [0.2, 0.25) is 0 Å². The first-order valence-electron chi connectivity index (χ1n) is 5.11. The Labute approximate surface area is 102 Å². The number of hydrogen-bond donors (Lipinski definition) is 0. The molecule has 84 valence electrons. The third-order valence-corrected chi connectivity index (χ3v) is 2.70. The van der Waals surface area contributed by atoms with E-state index in [9.17, 15) is 0 Å². The molecule has 0 aliphatic heterocycles. The van der Waals surface area contributed by atoms with Gasteiger partial charge in [0.25, 0.3) is 0 Å². The number of alkyl halides is 1. The molecule has 0 aliphatic carbocycles. The van der Waals surface area contributed by atoms with Crippen LogP contribution in [0, 0.1) is 0 Å². The molecule has 0 unspecified atom stereocenters. The first-order chi connectivity index (χ1) is 8.38. The van der Waals surface area contributed by atoms with Crippen molar-refractivity contribution in [2.24, 2.45) is 0 Å². The van der Waals surface area contributed by atoms with Crippen LogP contribution >= 0.6 is 11.6 Å².